The summed E-state index contributed by atoms with van der Waals surface area (Å²) < 4.78 is 0. The first-order chi connectivity index (χ1) is 11.6. The zero-order valence-electron chi connectivity index (χ0n) is 15.3. The Morgan fingerprint density at radius 3 is 2.71 bits per heavy atom. The van der Waals surface area contributed by atoms with Gasteiger partial charge in [-0.05, 0) is 50.3 Å². The molecular formula is C19H29N5. The number of hydrogen-bond acceptors (Lipinski definition) is 2. The van der Waals surface area contributed by atoms with Gasteiger partial charge in [0.15, 0.2) is 5.96 Å². The molecule has 1 aromatic heterocycles. The van der Waals surface area contributed by atoms with E-state index in [-0.39, 0.29) is 0 Å². The third kappa shape index (κ3) is 5.11. The molecule has 2 N–H and O–H groups in total. The Labute approximate surface area is 145 Å². The zero-order valence-corrected chi connectivity index (χ0v) is 15.3. The molecule has 2 rings (SSSR count). The summed E-state index contributed by atoms with van der Waals surface area (Å²) in [6.07, 6.45) is 3.94. The number of benzene rings is 1. The summed E-state index contributed by atoms with van der Waals surface area (Å²) in [5.41, 5.74) is 5.08. The molecule has 0 radical (unpaired) electrons. The first-order valence-corrected chi connectivity index (χ1v) is 8.64. The smallest absolute Gasteiger partial charge is 0.193 e. The molecule has 1 heterocycles. The summed E-state index contributed by atoms with van der Waals surface area (Å²) in [7, 11) is 2.09. The van der Waals surface area contributed by atoms with E-state index in [4.69, 9.17) is 4.99 Å². The number of guanidine groups is 1. The van der Waals surface area contributed by atoms with Gasteiger partial charge in [0.05, 0.1) is 6.20 Å². The minimum absolute atomic E-state index is 0.811. The van der Waals surface area contributed by atoms with Crippen LogP contribution in [-0.4, -0.2) is 41.2 Å². The maximum absolute atomic E-state index is 4.77. The van der Waals surface area contributed by atoms with Crippen LogP contribution in [0.3, 0.4) is 0 Å². The van der Waals surface area contributed by atoms with Gasteiger partial charge in [-0.25, -0.2) is 0 Å². The predicted octanol–water partition coefficient (Wildman–Crippen LogP) is 3.06. The van der Waals surface area contributed by atoms with Gasteiger partial charge >= 0.3 is 0 Å². The molecule has 2 aromatic rings. The highest BCUT2D eigenvalue weighted by molar-refractivity contribution is 5.79. The molecule has 130 valence electrons. The van der Waals surface area contributed by atoms with E-state index in [1.165, 1.54) is 16.7 Å². The lowest BCUT2D eigenvalue weighted by Gasteiger charge is -2.23. The van der Waals surface area contributed by atoms with E-state index in [9.17, 15) is 0 Å². The summed E-state index contributed by atoms with van der Waals surface area (Å²) in [5, 5.41) is 10.4. The highest BCUT2D eigenvalue weighted by Crippen LogP contribution is 2.10. The Balaban J connectivity index is 1.91. The molecule has 0 bridgehead atoms. The van der Waals surface area contributed by atoms with Crippen molar-refractivity contribution in [3.05, 3.63) is 52.8 Å². The first kappa shape index (κ1) is 18.0. The van der Waals surface area contributed by atoms with Crippen LogP contribution in [0.1, 0.15) is 35.7 Å². The van der Waals surface area contributed by atoms with E-state index in [1.54, 1.807) is 0 Å². The van der Waals surface area contributed by atoms with Gasteiger partial charge in [-0.2, -0.15) is 5.10 Å². The monoisotopic (exact) mass is 327 g/mol. The van der Waals surface area contributed by atoms with Gasteiger partial charge in [0, 0.05) is 32.4 Å². The third-order valence-electron chi connectivity index (χ3n) is 4.17. The topological polar surface area (TPSA) is 56.3 Å². The van der Waals surface area contributed by atoms with Crippen molar-refractivity contribution in [2.75, 3.05) is 20.1 Å². The molecule has 5 heteroatoms. The van der Waals surface area contributed by atoms with Crippen LogP contribution in [0.2, 0.25) is 0 Å². The molecule has 0 saturated heterocycles. The van der Waals surface area contributed by atoms with Crippen molar-refractivity contribution in [2.45, 2.75) is 40.2 Å². The second-order valence-electron chi connectivity index (χ2n) is 6.14. The molecule has 0 atom stereocenters. The average molecular weight is 327 g/mol. The van der Waals surface area contributed by atoms with E-state index in [0.29, 0.717) is 0 Å². The highest BCUT2D eigenvalue weighted by Gasteiger charge is 2.08. The molecule has 0 aliphatic rings. The summed E-state index contributed by atoms with van der Waals surface area (Å²) in [6, 6.07) is 8.50. The maximum atomic E-state index is 4.77. The first-order valence-electron chi connectivity index (χ1n) is 8.64. The van der Waals surface area contributed by atoms with Crippen molar-refractivity contribution in [3.63, 3.8) is 0 Å². The van der Waals surface area contributed by atoms with Crippen molar-refractivity contribution in [1.29, 1.82) is 0 Å². The minimum atomic E-state index is 0.811. The lowest BCUT2D eigenvalue weighted by molar-refractivity contribution is 0.475. The van der Waals surface area contributed by atoms with Crippen LogP contribution in [0.25, 0.3) is 0 Å². The predicted molar refractivity (Wildman–Crippen MR) is 100 cm³/mol. The molecular weight excluding hydrogens is 298 g/mol. The van der Waals surface area contributed by atoms with Gasteiger partial charge in [-0.15, -0.1) is 0 Å². The van der Waals surface area contributed by atoms with Gasteiger partial charge in [0.2, 0.25) is 0 Å². The Morgan fingerprint density at radius 1 is 1.25 bits per heavy atom. The quantitative estimate of drug-likeness (QED) is 0.467. The van der Waals surface area contributed by atoms with E-state index < -0.39 is 0 Å². The van der Waals surface area contributed by atoms with Crippen LogP contribution in [0, 0.1) is 13.8 Å². The van der Waals surface area contributed by atoms with Crippen LogP contribution in [0.5, 0.6) is 0 Å². The van der Waals surface area contributed by atoms with E-state index in [1.807, 2.05) is 6.20 Å². The molecule has 5 nitrogen and oxygen atoms in total. The molecule has 0 unspecified atom stereocenters. The molecule has 1 aromatic carbocycles. The minimum Gasteiger partial charge on any atom is -0.357 e. The number of H-pyrrole nitrogens is 1. The Hall–Kier alpha value is -2.30. The number of nitrogens with zero attached hydrogens (tertiary/aromatic N) is 3. The fraction of sp³-hybridized carbons (Fsp3) is 0.474. The summed E-state index contributed by atoms with van der Waals surface area (Å²) in [5.74, 6) is 0.963. The molecule has 0 spiro atoms. The van der Waals surface area contributed by atoms with Crippen LogP contribution >= 0.6 is 0 Å². The van der Waals surface area contributed by atoms with Crippen molar-refractivity contribution < 1.29 is 0 Å². The fourth-order valence-corrected chi connectivity index (χ4v) is 2.67. The zero-order chi connectivity index (χ0) is 17.4. The second kappa shape index (κ2) is 9.11. The molecule has 0 amide bonds. The molecule has 0 fully saturated rings. The molecule has 0 saturated carbocycles. The van der Waals surface area contributed by atoms with Crippen LogP contribution in [-0.2, 0) is 13.0 Å². The van der Waals surface area contributed by atoms with E-state index >= 15 is 0 Å². The molecule has 0 aliphatic carbocycles. The van der Waals surface area contributed by atoms with Crippen molar-refractivity contribution in [3.8, 4) is 0 Å². The molecule has 24 heavy (non-hydrogen) atoms. The number of aliphatic imine (C=N–C) groups is 1. The van der Waals surface area contributed by atoms with E-state index in [2.05, 4.69) is 72.5 Å². The van der Waals surface area contributed by atoms with Crippen LogP contribution < -0.4 is 5.32 Å². The number of aromatic nitrogens is 2. The van der Waals surface area contributed by atoms with Gasteiger partial charge in [0.25, 0.3) is 0 Å². The normalized spacial score (nSPS) is 11.6. The van der Waals surface area contributed by atoms with Gasteiger partial charge in [-0.3, -0.25) is 10.1 Å². The van der Waals surface area contributed by atoms with Gasteiger partial charge in [-0.1, -0.05) is 24.3 Å². The molecule has 0 aliphatic heterocycles. The Kier molecular flexibility index (Phi) is 6.85. The number of aromatic amines is 1. The second-order valence-corrected chi connectivity index (χ2v) is 6.14. The van der Waals surface area contributed by atoms with Gasteiger partial charge < -0.3 is 10.2 Å². The number of hydrogen-bond donors (Lipinski definition) is 2. The van der Waals surface area contributed by atoms with Crippen molar-refractivity contribution >= 4 is 5.96 Å². The Bertz CT molecular complexity index is 659. The Morgan fingerprint density at radius 2 is 2.04 bits per heavy atom. The standard InChI is InChI=1S/C19H29N5/c1-5-20-19(21-12-8-11-17-13-22-23-16(17)3)24(4)14-18-10-7-6-9-15(18)2/h6-7,9-10,13H,5,8,11-12,14H2,1-4H3,(H,20,21)(H,22,23). The number of nitrogens with one attached hydrogen (secondary N) is 2. The summed E-state index contributed by atoms with van der Waals surface area (Å²) in [4.78, 5) is 6.96. The van der Waals surface area contributed by atoms with E-state index in [0.717, 1.165) is 44.1 Å². The maximum Gasteiger partial charge on any atom is 0.193 e. The van der Waals surface area contributed by atoms with Crippen molar-refractivity contribution in [1.82, 2.24) is 20.4 Å². The number of rotatable bonds is 7. The highest BCUT2D eigenvalue weighted by atomic mass is 15.3. The fourth-order valence-electron chi connectivity index (χ4n) is 2.67. The lowest BCUT2D eigenvalue weighted by Crippen LogP contribution is -2.38. The SMILES string of the molecule is CCNC(=NCCCc1cn[nH]c1C)N(C)Cc1ccccc1C. The van der Waals surface area contributed by atoms with Crippen LogP contribution in [0.4, 0.5) is 0 Å². The van der Waals surface area contributed by atoms with Gasteiger partial charge in [0.1, 0.15) is 0 Å². The summed E-state index contributed by atoms with van der Waals surface area (Å²) >= 11 is 0. The largest absolute Gasteiger partial charge is 0.357 e. The van der Waals surface area contributed by atoms with Crippen molar-refractivity contribution in [2.24, 2.45) is 4.99 Å². The third-order valence-corrected chi connectivity index (χ3v) is 4.17. The number of aryl methyl sites for hydroxylation is 3. The summed E-state index contributed by atoms with van der Waals surface area (Å²) in [6.45, 7) is 8.86. The van der Waals surface area contributed by atoms with Crippen LogP contribution in [0.15, 0.2) is 35.5 Å². The lowest BCUT2D eigenvalue weighted by atomic mass is 10.1. The average Bonchev–Trinajstić information content (AvgIpc) is 2.97.